The van der Waals surface area contributed by atoms with Gasteiger partial charge in [-0.1, -0.05) is 15.9 Å². The molecule has 13 nitrogen and oxygen atoms in total. The van der Waals surface area contributed by atoms with Crippen LogP contribution in [0.4, 0.5) is 13.2 Å². The van der Waals surface area contributed by atoms with Crippen LogP contribution in [-0.4, -0.2) is 79.2 Å². The molecule has 1 N–H and O–H groups in total. The predicted molar refractivity (Wildman–Crippen MR) is 120 cm³/mol. The number of carbonyl (C=O) groups excluding carboxylic acids is 4. The van der Waals surface area contributed by atoms with E-state index in [0.29, 0.717) is 5.33 Å². The Hall–Kier alpha value is -2.83. The smallest absolute Gasteiger partial charge is 0.463 e. The zero-order valence-corrected chi connectivity index (χ0v) is 22.4. The topological polar surface area (TPSA) is 173 Å². The molecule has 1 fully saturated rings. The summed E-state index contributed by atoms with van der Waals surface area (Å²) in [5, 5.41) is 0.494. The van der Waals surface area contributed by atoms with Gasteiger partial charge in [0.2, 0.25) is 6.10 Å². The summed E-state index contributed by atoms with van der Waals surface area (Å²) in [7, 11) is -5.84. The summed E-state index contributed by atoms with van der Waals surface area (Å²) in [6.07, 6.45) is -0.817. The van der Waals surface area contributed by atoms with E-state index >= 15 is 0 Å². The highest BCUT2D eigenvalue weighted by atomic mass is 79.9. The fourth-order valence-corrected chi connectivity index (χ4v) is 3.08. The Morgan fingerprint density at radius 3 is 2.08 bits per heavy atom. The number of aromatic nitrogens is 1. The summed E-state index contributed by atoms with van der Waals surface area (Å²) in [5.41, 5.74) is -5.29. The van der Waals surface area contributed by atoms with Gasteiger partial charge < -0.3 is 23.7 Å². The molecule has 0 saturated carbocycles. The minimum atomic E-state index is -5.84. The summed E-state index contributed by atoms with van der Waals surface area (Å²) < 4.78 is 85.7. The number of hydrogen-bond acceptors (Lipinski definition) is 11. The number of hydrogen-bond donors (Lipinski definition) is 1. The van der Waals surface area contributed by atoms with Crippen molar-refractivity contribution in [1.29, 1.82) is 0 Å². The van der Waals surface area contributed by atoms with Crippen LogP contribution in [0.1, 0.15) is 37.4 Å². The van der Waals surface area contributed by atoms with Crippen LogP contribution in [-0.2, 0) is 48.2 Å². The molecule has 1 aromatic rings. The number of halogens is 4. The van der Waals surface area contributed by atoms with Crippen molar-refractivity contribution in [3.63, 3.8) is 0 Å². The number of nitrogens with zero attached hydrogens (tertiary/aromatic N) is 1. The molecule has 1 aromatic heterocycles. The van der Waals surface area contributed by atoms with Crippen LogP contribution in [0.2, 0.25) is 0 Å². The van der Waals surface area contributed by atoms with E-state index in [9.17, 15) is 32.3 Å². The fraction of sp³-hybridized carbons (Fsp3) is 0.550. The van der Waals surface area contributed by atoms with Crippen molar-refractivity contribution in [2.75, 3.05) is 18.5 Å². The molecular formula is C20H24BrF3NO12S+. The lowest BCUT2D eigenvalue weighted by Crippen LogP contribution is -2.48. The van der Waals surface area contributed by atoms with Gasteiger partial charge in [0.05, 0.1) is 0 Å². The number of esters is 4. The van der Waals surface area contributed by atoms with E-state index in [2.05, 4.69) is 15.9 Å². The lowest BCUT2D eigenvalue weighted by atomic mass is 10.1. The average molecular weight is 639 g/mol. The maximum Gasteiger partial charge on any atom is 0.522 e. The normalized spacial score (nSPS) is 20.9. The quantitative estimate of drug-likeness (QED) is 0.108. The molecule has 0 spiro atoms. The van der Waals surface area contributed by atoms with Crippen molar-refractivity contribution < 1.29 is 73.6 Å². The van der Waals surface area contributed by atoms with E-state index in [0.717, 1.165) is 0 Å². The van der Waals surface area contributed by atoms with Crippen molar-refractivity contribution in [1.82, 2.24) is 0 Å². The molecule has 0 bridgehead atoms. The van der Waals surface area contributed by atoms with Gasteiger partial charge in [0.15, 0.2) is 18.5 Å². The van der Waals surface area contributed by atoms with Crippen LogP contribution in [0.5, 0.6) is 0 Å². The summed E-state index contributed by atoms with van der Waals surface area (Å²) in [5.74, 6) is -2.32. The third-order valence-corrected chi connectivity index (χ3v) is 5.20. The lowest BCUT2D eigenvalue weighted by molar-refractivity contribution is -0.765. The zero-order valence-electron chi connectivity index (χ0n) is 20.0. The molecule has 1 aliphatic rings. The van der Waals surface area contributed by atoms with E-state index in [-0.39, 0.29) is 18.8 Å². The van der Waals surface area contributed by atoms with E-state index in [1.165, 1.54) is 31.5 Å². The summed E-state index contributed by atoms with van der Waals surface area (Å²) >= 11 is 3.18. The predicted octanol–water partition coefficient (Wildman–Crippen LogP) is 1.24. The van der Waals surface area contributed by atoms with Crippen LogP contribution >= 0.6 is 15.9 Å². The van der Waals surface area contributed by atoms with Crippen LogP contribution in [0.3, 0.4) is 0 Å². The summed E-state index contributed by atoms with van der Waals surface area (Å²) in [6, 6.07) is 3.15. The molecule has 38 heavy (non-hydrogen) atoms. The molecule has 0 aliphatic carbocycles. The van der Waals surface area contributed by atoms with Crippen molar-refractivity contribution >= 4 is 49.9 Å². The monoisotopic (exact) mass is 638 g/mol. The number of pyridine rings is 1. The summed E-state index contributed by atoms with van der Waals surface area (Å²) in [4.78, 5) is 46.7. The molecule has 0 aromatic carbocycles. The van der Waals surface area contributed by atoms with Crippen molar-refractivity contribution in [3.8, 4) is 0 Å². The molecule has 2 heterocycles. The Morgan fingerprint density at radius 2 is 1.61 bits per heavy atom. The molecule has 214 valence electrons. The first-order chi connectivity index (χ1) is 17.5. The van der Waals surface area contributed by atoms with E-state index in [1.807, 2.05) is 0 Å². The van der Waals surface area contributed by atoms with Crippen molar-refractivity contribution in [2.45, 2.75) is 50.8 Å². The highest BCUT2D eigenvalue weighted by Crippen LogP contribution is 2.31. The van der Waals surface area contributed by atoms with Gasteiger partial charge in [0.1, 0.15) is 24.9 Å². The molecule has 4 atom stereocenters. The third-order valence-electron chi connectivity index (χ3n) is 4.29. The fourth-order valence-electron chi connectivity index (χ4n) is 2.92. The van der Waals surface area contributed by atoms with Crippen LogP contribution in [0.15, 0.2) is 24.5 Å². The standard InChI is InChI=1S/C19H23BrNO9.CHF3O3S/c1-11(22)27-10-15-16(28-12(2)23)17(29-13(3)24)18(30-15)21-7-4-5-14(9-21)19(25)26-8-6-20;2-1(3,4)8(5,6)7/h4-5,7,9,15-18H,6,8,10H2,1-3H3;(H,5,6,7)/q+1;/t15-,16-,17-,18?;/m1./s1. The Bertz CT molecular complexity index is 1110. The second-order valence-electron chi connectivity index (χ2n) is 7.30. The Morgan fingerprint density at radius 1 is 1.05 bits per heavy atom. The SMILES string of the molecule is CC(=O)OC[C@H]1OC([n+]2cccc(C(=O)OCCBr)c2)[C@H](OC(C)=O)[C@@H]1OC(C)=O.O=S(=O)(O)C(F)(F)F. The molecular weight excluding hydrogens is 615 g/mol. The first kappa shape index (κ1) is 33.2. The Balaban J connectivity index is 0.000000781. The molecule has 18 heteroatoms. The molecule has 0 radical (unpaired) electrons. The Kier molecular flexibility index (Phi) is 12.5. The largest absolute Gasteiger partial charge is 0.522 e. The molecule has 1 saturated heterocycles. The van der Waals surface area contributed by atoms with Crippen LogP contribution < -0.4 is 4.57 Å². The van der Waals surface area contributed by atoms with Crippen LogP contribution in [0.25, 0.3) is 0 Å². The second kappa shape index (κ2) is 14.4. The van der Waals surface area contributed by atoms with Gasteiger partial charge in [-0.3, -0.25) is 18.9 Å². The van der Waals surface area contributed by atoms with Gasteiger partial charge in [-0.05, 0) is 6.07 Å². The highest BCUT2D eigenvalue weighted by molar-refractivity contribution is 9.09. The van der Waals surface area contributed by atoms with Gasteiger partial charge in [-0.2, -0.15) is 26.2 Å². The van der Waals surface area contributed by atoms with E-state index in [1.54, 1.807) is 18.3 Å². The van der Waals surface area contributed by atoms with Crippen LogP contribution in [0, 0.1) is 0 Å². The number of alkyl halides is 4. The molecule has 1 aliphatic heterocycles. The maximum absolute atomic E-state index is 12.2. The van der Waals surface area contributed by atoms with Gasteiger partial charge in [0, 0.05) is 32.2 Å². The van der Waals surface area contributed by atoms with Gasteiger partial charge in [0.25, 0.3) is 0 Å². The van der Waals surface area contributed by atoms with Crippen molar-refractivity contribution in [3.05, 3.63) is 30.1 Å². The average Bonchev–Trinajstić information content (AvgIpc) is 3.11. The maximum atomic E-state index is 12.2. The van der Waals surface area contributed by atoms with Gasteiger partial charge in [-0.15, -0.1) is 0 Å². The van der Waals surface area contributed by atoms with E-state index in [4.69, 9.17) is 36.7 Å². The number of ether oxygens (including phenoxy) is 5. The van der Waals surface area contributed by atoms with Gasteiger partial charge in [-0.25, -0.2) is 4.79 Å². The first-order valence-corrected chi connectivity index (χ1v) is 12.9. The van der Waals surface area contributed by atoms with Gasteiger partial charge >= 0.3 is 45.7 Å². The van der Waals surface area contributed by atoms with Crippen molar-refractivity contribution in [2.24, 2.45) is 0 Å². The molecule has 1 unspecified atom stereocenters. The molecule has 2 rings (SSSR count). The molecule has 0 amide bonds. The second-order valence-corrected chi connectivity index (χ2v) is 9.51. The Labute approximate surface area is 223 Å². The zero-order chi connectivity index (χ0) is 29.3. The van der Waals surface area contributed by atoms with E-state index < -0.39 is 64.0 Å². The highest BCUT2D eigenvalue weighted by Gasteiger charge is 2.54. The summed E-state index contributed by atoms with van der Waals surface area (Å²) in [6.45, 7) is 3.63. The first-order valence-electron chi connectivity index (χ1n) is 10.4. The number of carbonyl (C=O) groups is 4. The minimum Gasteiger partial charge on any atom is -0.463 e. The third kappa shape index (κ3) is 10.5. The lowest BCUT2D eigenvalue weighted by Gasteiger charge is -2.21. The minimum absolute atomic E-state index is 0.197. The number of rotatable bonds is 8.